The number of pyridine rings is 1. The lowest BCUT2D eigenvalue weighted by molar-refractivity contribution is 0.620. The lowest BCUT2D eigenvalue weighted by Gasteiger charge is -1.96. The molecule has 0 saturated carbocycles. The van der Waals surface area contributed by atoms with Crippen molar-refractivity contribution < 1.29 is 0 Å². The van der Waals surface area contributed by atoms with Crippen LogP contribution in [0, 0.1) is 5.92 Å². The van der Waals surface area contributed by atoms with Crippen molar-refractivity contribution in [2.75, 3.05) is 5.73 Å². The van der Waals surface area contributed by atoms with Crippen molar-refractivity contribution in [1.82, 2.24) is 14.6 Å². The summed E-state index contributed by atoms with van der Waals surface area (Å²) in [5.74, 6) is 1.33. The Kier molecular flexibility index (Phi) is 2.52. The predicted molar refractivity (Wildman–Crippen MR) is 61.0 cm³/mol. The van der Waals surface area contributed by atoms with Gasteiger partial charge in [0.15, 0.2) is 11.5 Å². The minimum Gasteiger partial charge on any atom is -0.396 e. The lowest BCUT2D eigenvalue weighted by atomic mass is 10.1. The first-order chi connectivity index (χ1) is 7.06. The highest BCUT2D eigenvalue weighted by Gasteiger charge is 2.08. The summed E-state index contributed by atoms with van der Waals surface area (Å²) in [5, 5.41) is 4.89. The van der Waals surface area contributed by atoms with E-state index >= 15 is 0 Å². The number of nitrogens with zero attached hydrogens (tertiary/aromatic N) is 3. The van der Waals surface area contributed by atoms with Crippen molar-refractivity contribution in [3.8, 4) is 0 Å². The number of rotatable bonds is 2. The van der Waals surface area contributed by atoms with Gasteiger partial charge in [-0.15, -0.1) is 0 Å². The van der Waals surface area contributed by atoms with Crippen molar-refractivity contribution in [2.45, 2.75) is 20.3 Å². The summed E-state index contributed by atoms with van der Waals surface area (Å²) in [6.45, 7) is 4.25. The normalized spacial score (nSPS) is 11.5. The van der Waals surface area contributed by atoms with Crippen LogP contribution in [0.3, 0.4) is 0 Å². The van der Waals surface area contributed by atoms with Gasteiger partial charge in [-0.1, -0.05) is 25.4 Å². The lowest BCUT2D eigenvalue weighted by Crippen LogP contribution is -1.96. The maximum absolute atomic E-state index is 5.87. The molecule has 4 nitrogen and oxygen atoms in total. The van der Waals surface area contributed by atoms with E-state index in [1.807, 2.05) is 0 Å². The Bertz CT molecular complexity index is 489. The molecule has 0 saturated heterocycles. The van der Waals surface area contributed by atoms with Gasteiger partial charge in [0, 0.05) is 12.6 Å². The standard InChI is InChI=1S/C10H13ClN4/c1-6(2)3-9-13-10-8(12)4-7(11)5-15(10)14-9/h4-6H,3,12H2,1-2H3. The molecule has 0 unspecified atom stereocenters. The molecule has 0 bridgehead atoms. The molecule has 0 aromatic carbocycles. The number of anilines is 1. The van der Waals surface area contributed by atoms with E-state index in [1.165, 1.54) is 0 Å². The first-order valence-electron chi connectivity index (χ1n) is 4.86. The minimum absolute atomic E-state index is 0.527. The maximum atomic E-state index is 5.87. The van der Waals surface area contributed by atoms with Gasteiger partial charge in [-0.25, -0.2) is 9.50 Å². The third-order valence-electron chi connectivity index (χ3n) is 2.06. The smallest absolute Gasteiger partial charge is 0.178 e. The van der Waals surface area contributed by atoms with Crippen molar-refractivity contribution >= 4 is 22.9 Å². The van der Waals surface area contributed by atoms with Crippen molar-refractivity contribution in [1.29, 1.82) is 0 Å². The molecule has 0 spiro atoms. The summed E-state index contributed by atoms with van der Waals surface area (Å²) in [6.07, 6.45) is 2.56. The SMILES string of the molecule is CC(C)Cc1nc2c(N)cc(Cl)cn2n1. The maximum Gasteiger partial charge on any atom is 0.178 e. The molecule has 0 aliphatic carbocycles. The Balaban J connectivity index is 2.50. The van der Waals surface area contributed by atoms with Gasteiger partial charge in [0.1, 0.15) is 0 Å². The van der Waals surface area contributed by atoms with Crippen LogP contribution in [0.1, 0.15) is 19.7 Å². The number of fused-ring (bicyclic) bond motifs is 1. The quantitative estimate of drug-likeness (QED) is 0.851. The molecule has 80 valence electrons. The third-order valence-corrected chi connectivity index (χ3v) is 2.27. The highest BCUT2D eigenvalue weighted by atomic mass is 35.5. The molecule has 5 heteroatoms. The highest BCUT2D eigenvalue weighted by Crippen LogP contribution is 2.18. The van der Waals surface area contributed by atoms with Crippen molar-refractivity contribution in [3.63, 3.8) is 0 Å². The zero-order valence-corrected chi connectivity index (χ0v) is 9.49. The Morgan fingerprint density at radius 1 is 1.53 bits per heavy atom. The first-order valence-corrected chi connectivity index (χ1v) is 5.24. The minimum atomic E-state index is 0.527. The molecule has 0 aliphatic rings. The molecular weight excluding hydrogens is 212 g/mol. The van der Waals surface area contributed by atoms with E-state index in [2.05, 4.69) is 23.9 Å². The number of halogens is 1. The van der Waals surface area contributed by atoms with Gasteiger partial charge < -0.3 is 5.73 Å². The van der Waals surface area contributed by atoms with Crippen molar-refractivity contribution in [2.24, 2.45) is 5.92 Å². The van der Waals surface area contributed by atoms with E-state index in [0.717, 1.165) is 12.2 Å². The fourth-order valence-electron chi connectivity index (χ4n) is 1.47. The fraction of sp³-hybridized carbons (Fsp3) is 0.400. The van der Waals surface area contributed by atoms with Gasteiger partial charge in [0.2, 0.25) is 0 Å². The molecule has 2 heterocycles. The van der Waals surface area contributed by atoms with Crippen LogP contribution >= 0.6 is 11.6 Å². The van der Waals surface area contributed by atoms with Gasteiger partial charge in [0.05, 0.1) is 10.7 Å². The van der Waals surface area contributed by atoms with E-state index in [-0.39, 0.29) is 0 Å². The van der Waals surface area contributed by atoms with Crippen LogP contribution in [0.2, 0.25) is 5.02 Å². The molecule has 2 N–H and O–H groups in total. The summed E-state index contributed by atoms with van der Waals surface area (Å²) in [6, 6.07) is 1.69. The first kappa shape index (κ1) is 10.2. The molecule has 0 fully saturated rings. The Morgan fingerprint density at radius 2 is 2.27 bits per heavy atom. The summed E-state index contributed by atoms with van der Waals surface area (Å²) in [7, 11) is 0. The summed E-state index contributed by atoms with van der Waals surface area (Å²) in [5.41, 5.74) is 7.03. The molecule has 15 heavy (non-hydrogen) atoms. The van der Waals surface area contributed by atoms with E-state index in [4.69, 9.17) is 17.3 Å². The summed E-state index contributed by atoms with van der Waals surface area (Å²) in [4.78, 5) is 4.36. The second kappa shape index (κ2) is 3.70. The van der Waals surface area contributed by atoms with E-state index in [0.29, 0.717) is 22.3 Å². The van der Waals surface area contributed by atoms with E-state index < -0.39 is 0 Å². The van der Waals surface area contributed by atoms with Gasteiger partial charge in [-0.05, 0) is 12.0 Å². The van der Waals surface area contributed by atoms with Crippen LogP contribution in [0.5, 0.6) is 0 Å². The number of nitrogen functional groups attached to an aromatic ring is 1. The van der Waals surface area contributed by atoms with E-state index in [1.54, 1.807) is 16.8 Å². The number of nitrogens with two attached hydrogens (primary N) is 1. The van der Waals surface area contributed by atoms with Crippen LogP contribution in [0.25, 0.3) is 5.65 Å². The van der Waals surface area contributed by atoms with Crippen LogP contribution in [0.4, 0.5) is 5.69 Å². The highest BCUT2D eigenvalue weighted by molar-refractivity contribution is 6.30. The largest absolute Gasteiger partial charge is 0.396 e. The Hall–Kier alpha value is -1.29. The average Bonchev–Trinajstić information content (AvgIpc) is 2.45. The zero-order valence-electron chi connectivity index (χ0n) is 8.74. The molecule has 0 atom stereocenters. The second-order valence-electron chi connectivity index (χ2n) is 4.01. The number of hydrogen-bond donors (Lipinski definition) is 1. The Labute approximate surface area is 93.1 Å². The second-order valence-corrected chi connectivity index (χ2v) is 4.44. The van der Waals surface area contributed by atoms with Gasteiger partial charge in [0.25, 0.3) is 0 Å². The van der Waals surface area contributed by atoms with Crippen LogP contribution in [0.15, 0.2) is 12.3 Å². The molecule has 2 rings (SSSR count). The Morgan fingerprint density at radius 3 is 2.93 bits per heavy atom. The summed E-state index contributed by atoms with van der Waals surface area (Å²) < 4.78 is 1.63. The predicted octanol–water partition coefficient (Wildman–Crippen LogP) is 2.16. The van der Waals surface area contributed by atoms with Gasteiger partial charge in [-0.2, -0.15) is 5.10 Å². The molecular formula is C10H13ClN4. The molecule has 0 aliphatic heterocycles. The monoisotopic (exact) mass is 224 g/mol. The molecule has 0 amide bonds. The van der Waals surface area contributed by atoms with Gasteiger partial charge in [-0.3, -0.25) is 0 Å². The number of aromatic nitrogens is 3. The van der Waals surface area contributed by atoms with Crippen LogP contribution in [-0.4, -0.2) is 14.6 Å². The fourth-order valence-corrected chi connectivity index (χ4v) is 1.68. The average molecular weight is 225 g/mol. The van der Waals surface area contributed by atoms with Crippen molar-refractivity contribution in [3.05, 3.63) is 23.1 Å². The number of hydrogen-bond acceptors (Lipinski definition) is 3. The van der Waals surface area contributed by atoms with Crippen LogP contribution in [-0.2, 0) is 6.42 Å². The van der Waals surface area contributed by atoms with E-state index in [9.17, 15) is 0 Å². The van der Waals surface area contributed by atoms with Crippen LogP contribution < -0.4 is 5.73 Å². The molecule has 2 aromatic rings. The van der Waals surface area contributed by atoms with Gasteiger partial charge >= 0.3 is 0 Å². The third kappa shape index (κ3) is 2.04. The topological polar surface area (TPSA) is 56.2 Å². The molecule has 0 radical (unpaired) electrons. The molecule has 2 aromatic heterocycles. The summed E-state index contributed by atoms with van der Waals surface area (Å²) >= 11 is 5.87. The zero-order chi connectivity index (χ0) is 11.0.